The molecule has 2 heterocycles. The van der Waals surface area contributed by atoms with Crippen LogP contribution in [-0.2, 0) is 30.0 Å². The molecule has 21 heavy (non-hydrogen) atoms. The number of halogens is 1. The molecule has 2 aromatic heterocycles. The fourth-order valence-electron chi connectivity index (χ4n) is 2.38. The molecular weight excluding hydrogens is 314 g/mol. The molecule has 0 spiro atoms. The Morgan fingerprint density at radius 1 is 1.38 bits per heavy atom. The van der Waals surface area contributed by atoms with Crippen LogP contribution in [0.3, 0.4) is 0 Å². The van der Waals surface area contributed by atoms with E-state index in [4.69, 9.17) is 11.6 Å². The monoisotopic (exact) mass is 333 g/mol. The maximum Gasteiger partial charge on any atom is 0.208 e. The highest BCUT2D eigenvalue weighted by Crippen LogP contribution is 2.20. The van der Waals surface area contributed by atoms with Crippen molar-refractivity contribution in [2.45, 2.75) is 26.3 Å². The first-order valence-corrected chi connectivity index (χ1v) is 9.15. The number of sulfonamides is 1. The Morgan fingerprint density at radius 3 is 2.71 bits per heavy atom. The Bertz CT molecular complexity index is 734. The quantitative estimate of drug-likeness (QED) is 0.600. The molecule has 0 aliphatic carbocycles. The zero-order valence-corrected chi connectivity index (χ0v) is 14.0. The fourth-order valence-corrected chi connectivity index (χ4v) is 3.07. The third-order valence-electron chi connectivity index (χ3n) is 3.21. The smallest absolute Gasteiger partial charge is 0.208 e. The molecule has 0 unspecified atom stereocenters. The first kappa shape index (κ1) is 16.3. The van der Waals surface area contributed by atoms with Crippen LogP contribution in [0.15, 0.2) is 0 Å². The molecule has 2 rings (SSSR count). The molecule has 9 heteroatoms. The maximum absolute atomic E-state index is 11.1. The summed E-state index contributed by atoms with van der Waals surface area (Å²) in [5.41, 5.74) is 2.72. The SMILES string of the molecule is Cc1nn(C)c2c1nc(CCCl)n2CCCNS(C)(=O)=O. The highest BCUT2D eigenvalue weighted by atomic mass is 35.5. The summed E-state index contributed by atoms with van der Waals surface area (Å²) in [7, 11) is -1.26. The molecule has 0 radical (unpaired) electrons. The summed E-state index contributed by atoms with van der Waals surface area (Å²) in [5.74, 6) is 1.41. The van der Waals surface area contributed by atoms with Gasteiger partial charge in [0.25, 0.3) is 0 Å². The van der Waals surface area contributed by atoms with Gasteiger partial charge < -0.3 is 4.57 Å². The third-order valence-corrected chi connectivity index (χ3v) is 4.13. The molecule has 0 fully saturated rings. The fraction of sp³-hybridized carbons (Fsp3) is 0.667. The molecule has 0 saturated carbocycles. The van der Waals surface area contributed by atoms with E-state index in [0.29, 0.717) is 31.8 Å². The minimum Gasteiger partial charge on any atom is -0.313 e. The van der Waals surface area contributed by atoms with E-state index in [1.54, 1.807) is 4.68 Å². The Labute approximate surface area is 129 Å². The lowest BCUT2D eigenvalue weighted by molar-refractivity contribution is 0.570. The molecule has 2 aromatic rings. The van der Waals surface area contributed by atoms with Gasteiger partial charge in [-0.1, -0.05) is 0 Å². The van der Waals surface area contributed by atoms with Crippen LogP contribution >= 0.6 is 11.6 Å². The van der Waals surface area contributed by atoms with Gasteiger partial charge in [0.2, 0.25) is 10.0 Å². The number of hydrogen-bond donors (Lipinski definition) is 1. The lowest BCUT2D eigenvalue weighted by atomic mass is 10.4. The number of fused-ring (bicyclic) bond motifs is 1. The average molecular weight is 334 g/mol. The van der Waals surface area contributed by atoms with E-state index in [9.17, 15) is 8.42 Å². The minimum atomic E-state index is -3.15. The topological polar surface area (TPSA) is 81.8 Å². The van der Waals surface area contributed by atoms with E-state index in [0.717, 1.165) is 28.9 Å². The number of hydrogen-bond acceptors (Lipinski definition) is 4. The molecule has 7 nitrogen and oxygen atoms in total. The molecular formula is C12H20ClN5O2S. The zero-order chi connectivity index (χ0) is 15.6. The van der Waals surface area contributed by atoms with Crippen LogP contribution in [0.25, 0.3) is 11.2 Å². The lowest BCUT2D eigenvalue weighted by Gasteiger charge is -2.09. The van der Waals surface area contributed by atoms with Crippen LogP contribution in [0.2, 0.25) is 0 Å². The number of imidazole rings is 1. The van der Waals surface area contributed by atoms with Crippen molar-refractivity contribution < 1.29 is 8.42 Å². The van der Waals surface area contributed by atoms with Crippen LogP contribution in [0.1, 0.15) is 17.9 Å². The van der Waals surface area contributed by atoms with Crippen LogP contribution in [0.5, 0.6) is 0 Å². The van der Waals surface area contributed by atoms with Crippen molar-refractivity contribution in [3.63, 3.8) is 0 Å². The van der Waals surface area contributed by atoms with E-state index in [2.05, 4.69) is 19.4 Å². The summed E-state index contributed by atoms with van der Waals surface area (Å²) < 4.78 is 28.5. The highest BCUT2D eigenvalue weighted by molar-refractivity contribution is 7.88. The van der Waals surface area contributed by atoms with Gasteiger partial charge >= 0.3 is 0 Å². The average Bonchev–Trinajstić information content (AvgIpc) is 2.85. The summed E-state index contributed by atoms with van der Waals surface area (Å²) in [6.07, 6.45) is 2.51. The van der Waals surface area contributed by atoms with Gasteiger partial charge in [-0.2, -0.15) is 5.10 Å². The van der Waals surface area contributed by atoms with Gasteiger partial charge in [-0.25, -0.2) is 18.1 Å². The van der Waals surface area contributed by atoms with E-state index in [1.807, 2.05) is 14.0 Å². The van der Waals surface area contributed by atoms with E-state index in [1.165, 1.54) is 0 Å². The Kier molecular flexibility index (Phi) is 4.90. The number of rotatable bonds is 7. The number of alkyl halides is 1. The van der Waals surface area contributed by atoms with Crippen molar-refractivity contribution >= 4 is 32.8 Å². The predicted octanol–water partition coefficient (Wildman–Crippen LogP) is 0.799. The molecule has 0 aromatic carbocycles. The molecule has 0 amide bonds. The second-order valence-corrected chi connectivity index (χ2v) is 7.23. The standard InChI is InChI=1S/C12H20ClN5O2S/c1-9-11-12(17(2)16-9)18(10(15-11)5-6-13)8-4-7-14-21(3,19)20/h14H,4-8H2,1-3H3. The summed E-state index contributed by atoms with van der Waals surface area (Å²) >= 11 is 5.84. The zero-order valence-electron chi connectivity index (χ0n) is 12.4. The summed E-state index contributed by atoms with van der Waals surface area (Å²) in [5, 5.41) is 4.37. The first-order chi connectivity index (χ1) is 9.83. The van der Waals surface area contributed by atoms with Gasteiger partial charge in [-0.15, -0.1) is 11.6 Å². The predicted molar refractivity (Wildman–Crippen MR) is 83.1 cm³/mol. The normalized spacial score (nSPS) is 12.4. The lowest BCUT2D eigenvalue weighted by Crippen LogP contribution is -2.24. The Morgan fingerprint density at radius 2 is 2.10 bits per heavy atom. The number of aryl methyl sites for hydroxylation is 4. The van der Waals surface area contributed by atoms with Crippen molar-refractivity contribution in [3.8, 4) is 0 Å². The molecule has 0 atom stereocenters. The van der Waals surface area contributed by atoms with Gasteiger partial charge in [-0.05, 0) is 13.3 Å². The Balaban J connectivity index is 2.21. The van der Waals surface area contributed by atoms with E-state index in [-0.39, 0.29) is 0 Å². The molecule has 0 aliphatic heterocycles. The van der Waals surface area contributed by atoms with Crippen molar-refractivity contribution in [2.24, 2.45) is 7.05 Å². The van der Waals surface area contributed by atoms with Gasteiger partial charge in [0.1, 0.15) is 11.3 Å². The van der Waals surface area contributed by atoms with Gasteiger partial charge in [-0.3, -0.25) is 4.68 Å². The van der Waals surface area contributed by atoms with Gasteiger partial charge in [0.15, 0.2) is 5.65 Å². The summed E-state index contributed by atoms with van der Waals surface area (Å²) in [6.45, 7) is 3.00. The van der Waals surface area contributed by atoms with Crippen molar-refractivity contribution in [1.29, 1.82) is 0 Å². The molecule has 118 valence electrons. The van der Waals surface area contributed by atoms with E-state index < -0.39 is 10.0 Å². The summed E-state index contributed by atoms with van der Waals surface area (Å²) in [4.78, 5) is 4.61. The van der Waals surface area contributed by atoms with E-state index >= 15 is 0 Å². The maximum atomic E-state index is 11.1. The Hall–Kier alpha value is -1.12. The second-order valence-electron chi connectivity index (χ2n) is 5.02. The first-order valence-electron chi connectivity index (χ1n) is 6.73. The van der Waals surface area contributed by atoms with Crippen molar-refractivity contribution in [1.82, 2.24) is 24.1 Å². The molecule has 0 saturated heterocycles. The molecule has 0 bridgehead atoms. The number of nitrogens with zero attached hydrogens (tertiary/aromatic N) is 4. The van der Waals surface area contributed by atoms with Crippen LogP contribution in [0, 0.1) is 6.92 Å². The van der Waals surface area contributed by atoms with Gasteiger partial charge in [0.05, 0.1) is 11.9 Å². The van der Waals surface area contributed by atoms with Crippen LogP contribution in [-0.4, -0.2) is 46.4 Å². The third kappa shape index (κ3) is 3.75. The molecule has 0 aliphatic rings. The van der Waals surface area contributed by atoms with Gasteiger partial charge in [0, 0.05) is 32.4 Å². The van der Waals surface area contributed by atoms with Crippen LogP contribution in [0.4, 0.5) is 0 Å². The summed E-state index contributed by atoms with van der Waals surface area (Å²) in [6, 6.07) is 0. The number of aromatic nitrogens is 4. The second kappa shape index (κ2) is 6.33. The largest absolute Gasteiger partial charge is 0.313 e. The molecule has 1 N–H and O–H groups in total. The van der Waals surface area contributed by atoms with Crippen molar-refractivity contribution in [3.05, 3.63) is 11.5 Å². The van der Waals surface area contributed by atoms with Crippen LogP contribution < -0.4 is 4.72 Å². The number of nitrogens with one attached hydrogen (secondary N) is 1. The highest BCUT2D eigenvalue weighted by Gasteiger charge is 2.16. The van der Waals surface area contributed by atoms with Crippen molar-refractivity contribution in [2.75, 3.05) is 18.7 Å². The minimum absolute atomic E-state index is 0.398.